The number of oxazole rings is 1. The van der Waals surface area contributed by atoms with Gasteiger partial charge in [0.2, 0.25) is 5.89 Å². The number of alkyl halides is 2. The van der Waals surface area contributed by atoms with E-state index >= 15 is 0 Å². The zero-order valence-electron chi connectivity index (χ0n) is 8.36. The highest BCUT2D eigenvalue weighted by atomic mass is 19.3. The molecule has 1 saturated carbocycles. The highest BCUT2D eigenvalue weighted by molar-refractivity contribution is 5.52. The fraction of sp³-hybridized carbons (Fsp3) is 0.250. The van der Waals surface area contributed by atoms with Crippen molar-refractivity contribution in [1.82, 2.24) is 4.98 Å². The van der Waals surface area contributed by atoms with Crippen LogP contribution in [0.25, 0.3) is 11.5 Å². The van der Waals surface area contributed by atoms with E-state index < -0.39 is 11.8 Å². The molecule has 1 aliphatic carbocycles. The lowest BCUT2D eigenvalue weighted by Gasteiger charge is -1.94. The summed E-state index contributed by atoms with van der Waals surface area (Å²) in [6.45, 7) is 0. The van der Waals surface area contributed by atoms with Crippen LogP contribution < -0.4 is 0 Å². The quantitative estimate of drug-likeness (QED) is 0.776. The Hall–Kier alpha value is -1.71. The zero-order valence-corrected chi connectivity index (χ0v) is 8.36. The third kappa shape index (κ3) is 1.50. The van der Waals surface area contributed by atoms with Gasteiger partial charge in [-0.2, -0.15) is 0 Å². The minimum absolute atomic E-state index is 0.129. The van der Waals surface area contributed by atoms with Crippen molar-refractivity contribution in [3.63, 3.8) is 0 Å². The summed E-state index contributed by atoms with van der Waals surface area (Å²) in [4.78, 5) is 4.01. The molecule has 2 nitrogen and oxygen atoms in total. The first-order valence-corrected chi connectivity index (χ1v) is 5.06. The molecule has 1 heterocycles. The van der Waals surface area contributed by atoms with Gasteiger partial charge in [-0.1, -0.05) is 18.2 Å². The molecule has 1 unspecified atom stereocenters. The van der Waals surface area contributed by atoms with Crippen molar-refractivity contribution in [3.05, 3.63) is 42.3 Å². The van der Waals surface area contributed by atoms with Crippen LogP contribution in [0.2, 0.25) is 0 Å². The second-order valence-electron chi connectivity index (χ2n) is 3.95. The van der Waals surface area contributed by atoms with E-state index in [0.29, 0.717) is 5.89 Å². The van der Waals surface area contributed by atoms with E-state index in [1.807, 2.05) is 30.3 Å². The van der Waals surface area contributed by atoms with Gasteiger partial charge in [-0.05, 0) is 12.1 Å². The molecule has 1 aromatic heterocycles. The number of halogens is 2. The van der Waals surface area contributed by atoms with Crippen LogP contribution in [0.3, 0.4) is 0 Å². The second kappa shape index (κ2) is 3.14. The Balaban J connectivity index is 1.89. The van der Waals surface area contributed by atoms with E-state index in [2.05, 4.69) is 4.98 Å². The van der Waals surface area contributed by atoms with Crippen LogP contribution in [0.5, 0.6) is 0 Å². The van der Waals surface area contributed by atoms with Crippen LogP contribution in [0.4, 0.5) is 8.78 Å². The normalized spacial score (nSPS) is 22.0. The molecule has 1 aliphatic rings. The van der Waals surface area contributed by atoms with E-state index in [-0.39, 0.29) is 12.2 Å². The van der Waals surface area contributed by atoms with Crippen molar-refractivity contribution in [2.75, 3.05) is 0 Å². The number of aromatic nitrogens is 1. The highest BCUT2D eigenvalue weighted by Gasteiger charge is 2.59. The SMILES string of the molecule is FC1(F)CC1c1cnc(-c2ccccc2)o1. The van der Waals surface area contributed by atoms with E-state index in [0.717, 1.165) is 5.56 Å². The Morgan fingerprint density at radius 1 is 1.25 bits per heavy atom. The van der Waals surface area contributed by atoms with Crippen LogP contribution >= 0.6 is 0 Å². The van der Waals surface area contributed by atoms with Crippen LogP contribution in [0, 0.1) is 0 Å². The lowest BCUT2D eigenvalue weighted by atomic mass is 10.2. The van der Waals surface area contributed by atoms with Crippen LogP contribution in [0.1, 0.15) is 18.1 Å². The smallest absolute Gasteiger partial charge is 0.259 e. The Morgan fingerprint density at radius 3 is 2.56 bits per heavy atom. The summed E-state index contributed by atoms with van der Waals surface area (Å²) in [5.41, 5.74) is 0.803. The molecule has 0 bridgehead atoms. The van der Waals surface area contributed by atoms with E-state index in [1.165, 1.54) is 6.20 Å². The van der Waals surface area contributed by atoms with Crippen LogP contribution in [-0.2, 0) is 0 Å². The lowest BCUT2D eigenvalue weighted by molar-refractivity contribution is 0.109. The topological polar surface area (TPSA) is 26.0 Å². The first-order chi connectivity index (χ1) is 7.67. The summed E-state index contributed by atoms with van der Waals surface area (Å²) in [6.07, 6.45) is 1.27. The van der Waals surface area contributed by atoms with Gasteiger partial charge in [0.05, 0.1) is 12.1 Å². The van der Waals surface area contributed by atoms with Gasteiger partial charge >= 0.3 is 0 Å². The maximum atomic E-state index is 12.8. The molecule has 1 aromatic carbocycles. The van der Waals surface area contributed by atoms with Crippen molar-refractivity contribution >= 4 is 0 Å². The first-order valence-electron chi connectivity index (χ1n) is 5.06. The predicted octanol–water partition coefficient (Wildman–Crippen LogP) is 3.46. The molecule has 1 fully saturated rings. The highest BCUT2D eigenvalue weighted by Crippen LogP contribution is 2.56. The summed E-state index contributed by atoms with van der Waals surface area (Å²) in [6, 6.07) is 9.25. The maximum Gasteiger partial charge on any atom is 0.259 e. The molecule has 3 rings (SSSR count). The summed E-state index contributed by atoms with van der Waals surface area (Å²) in [5.74, 6) is -2.70. The molecular formula is C12H9F2NO. The Kier molecular flexibility index (Phi) is 1.87. The Bertz CT molecular complexity index is 507. The Labute approximate surface area is 90.9 Å². The van der Waals surface area contributed by atoms with Gasteiger partial charge in [0.1, 0.15) is 5.76 Å². The summed E-state index contributed by atoms with van der Waals surface area (Å²) in [5, 5.41) is 0. The van der Waals surface area contributed by atoms with Gasteiger partial charge in [0, 0.05) is 12.0 Å². The number of hydrogen-bond donors (Lipinski definition) is 0. The molecular weight excluding hydrogens is 212 g/mol. The minimum atomic E-state index is -2.60. The average molecular weight is 221 g/mol. The fourth-order valence-electron chi connectivity index (χ4n) is 1.68. The first kappa shape index (κ1) is 9.51. The van der Waals surface area contributed by atoms with Crippen molar-refractivity contribution in [1.29, 1.82) is 0 Å². The van der Waals surface area contributed by atoms with E-state index in [9.17, 15) is 8.78 Å². The molecule has 0 radical (unpaired) electrons. The van der Waals surface area contributed by atoms with Gasteiger partial charge in [0.25, 0.3) is 5.92 Å². The Morgan fingerprint density at radius 2 is 1.94 bits per heavy atom. The number of benzene rings is 1. The summed E-state index contributed by atoms with van der Waals surface area (Å²) in [7, 11) is 0. The third-order valence-corrected chi connectivity index (χ3v) is 2.71. The zero-order chi connectivity index (χ0) is 11.2. The standard InChI is InChI=1S/C12H9F2NO/c13-12(14)6-9(12)10-7-15-11(16-10)8-4-2-1-3-5-8/h1-5,7,9H,6H2. The number of hydrogen-bond acceptors (Lipinski definition) is 2. The van der Waals surface area contributed by atoms with Crippen LogP contribution in [-0.4, -0.2) is 10.9 Å². The van der Waals surface area contributed by atoms with Gasteiger partial charge in [-0.15, -0.1) is 0 Å². The number of nitrogens with zero attached hydrogens (tertiary/aromatic N) is 1. The minimum Gasteiger partial charge on any atom is -0.441 e. The van der Waals surface area contributed by atoms with Gasteiger partial charge in [-0.3, -0.25) is 0 Å². The summed E-state index contributed by atoms with van der Waals surface area (Å²) >= 11 is 0. The molecule has 2 aromatic rings. The lowest BCUT2D eigenvalue weighted by Crippen LogP contribution is -1.90. The molecule has 1 atom stereocenters. The number of rotatable bonds is 2. The maximum absolute atomic E-state index is 12.8. The molecule has 82 valence electrons. The molecule has 4 heteroatoms. The fourth-order valence-corrected chi connectivity index (χ4v) is 1.68. The van der Waals surface area contributed by atoms with E-state index in [1.54, 1.807) is 0 Å². The molecule has 0 amide bonds. The molecule has 0 spiro atoms. The molecule has 0 saturated heterocycles. The molecule has 0 N–H and O–H groups in total. The predicted molar refractivity (Wildman–Crippen MR) is 54.2 cm³/mol. The van der Waals surface area contributed by atoms with Gasteiger partial charge < -0.3 is 4.42 Å². The molecule has 0 aliphatic heterocycles. The van der Waals surface area contributed by atoms with Crippen molar-refractivity contribution in [2.45, 2.75) is 18.3 Å². The van der Waals surface area contributed by atoms with Gasteiger partial charge in [-0.25, -0.2) is 13.8 Å². The monoisotopic (exact) mass is 221 g/mol. The van der Waals surface area contributed by atoms with Gasteiger partial charge in [0.15, 0.2) is 0 Å². The average Bonchev–Trinajstić information content (AvgIpc) is 2.76. The summed E-state index contributed by atoms with van der Waals surface area (Å²) < 4.78 is 31.0. The van der Waals surface area contributed by atoms with Crippen molar-refractivity contribution < 1.29 is 13.2 Å². The van der Waals surface area contributed by atoms with Crippen molar-refractivity contribution in [2.24, 2.45) is 0 Å². The van der Waals surface area contributed by atoms with Crippen molar-refractivity contribution in [3.8, 4) is 11.5 Å². The third-order valence-electron chi connectivity index (χ3n) is 2.71. The molecule has 16 heavy (non-hydrogen) atoms. The van der Waals surface area contributed by atoms with Crippen LogP contribution in [0.15, 0.2) is 40.9 Å². The van der Waals surface area contributed by atoms with E-state index in [4.69, 9.17) is 4.42 Å². The largest absolute Gasteiger partial charge is 0.441 e. The second-order valence-corrected chi connectivity index (χ2v) is 3.95.